The van der Waals surface area contributed by atoms with Crippen LogP contribution in [0.2, 0.25) is 5.02 Å². The predicted molar refractivity (Wildman–Crippen MR) is 132 cm³/mol. The number of carbonyl (C=O) groups is 1. The van der Waals surface area contributed by atoms with Gasteiger partial charge in [0.1, 0.15) is 0 Å². The van der Waals surface area contributed by atoms with E-state index in [2.05, 4.69) is 35.2 Å². The van der Waals surface area contributed by atoms with E-state index in [0.717, 1.165) is 62.3 Å². The fraction of sp³-hybridized carbons (Fsp3) is 0.357. The first-order chi connectivity index (χ1) is 15.7. The molecule has 164 valence electrons. The molecule has 32 heavy (non-hydrogen) atoms. The summed E-state index contributed by atoms with van der Waals surface area (Å²) in [7, 11) is 0. The summed E-state index contributed by atoms with van der Waals surface area (Å²) in [4.78, 5) is 20.1. The van der Waals surface area contributed by atoms with Crippen LogP contribution in [-0.2, 0) is 17.6 Å². The van der Waals surface area contributed by atoms with Crippen molar-refractivity contribution in [3.63, 3.8) is 0 Å². The molecule has 4 heteroatoms. The molecule has 0 aromatic heterocycles. The summed E-state index contributed by atoms with van der Waals surface area (Å²) >= 11 is 6.35. The number of carbonyl (C=O) groups excluding carboxylic acids is 1. The number of halogens is 1. The number of hydrogen-bond acceptors (Lipinski definition) is 2. The van der Waals surface area contributed by atoms with Gasteiger partial charge in [-0.15, -0.1) is 0 Å². The standard InChI is InChI=1S/C28H29ClN2O/c29-24-13-14-25-22(18-24)12-11-21-8-4-16-30-28(21)27(25)23-9-5-17-31(19-23)26(32)15-10-20-6-2-1-3-7-20/h1-3,6-8,13-14,18H,4-5,9-12,15-17,19H2/b27-23+. The molecule has 1 fully saturated rings. The molecule has 2 aromatic carbocycles. The van der Waals surface area contributed by atoms with Gasteiger partial charge in [-0.2, -0.15) is 0 Å². The van der Waals surface area contributed by atoms with E-state index in [-0.39, 0.29) is 5.91 Å². The normalized spacial score (nSPS) is 20.6. The number of nitrogens with zero attached hydrogens (tertiary/aromatic N) is 2. The number of amides is 1. The zero-order chi connectivity index (χ0) is 21.9. The Kier molecular flexibility index (Phi) is 6.27. The summed E-state index contributed by atoms with van der Waals surface area (Å²) in [6.45, 7) is 2.39. The number of aryl methyl sites for hydroxylation is 2. The van der Waals surface area contributed by atoms with Gasteiger partial charge in [-0.25, -0.2) is 0 Å². The number of rotatable bonds is 3. The van der Waals surface area contributed by atoms with Gasteiger partial charge in [0.25, 0.3) is 0 Å². The third-order valence-electron chi connectivity index (χ3n) is 6.80. The fourth-order valence-electron chi connectivity index (χ4n) is 5.18. The number of aliphatic imine (C=N–C) groups is 1. The van der Waals surface area contributed by atoms with Gasteiger partial charge >= 0.3 is 0 Å². The van der Waals surface area contributed by atoms with Crippen LogP contribution in [0.1, 0.15) is 48.8 Å². The maximum absolute atomic E-state index is 13.1. The average molecular weight is 445 g/mol. The van der Waals surface area contributed by atoms with Crippen LogP contribution >= 0.6 is 11.6 Å². The molecule has 0 spiro atoms. The molecule has 0 saturated carbocycles. The van der Waals surface area contributed by atoms with Crippen molar-refractivity contribution in [2.24, 2.45) is 4.99 Å². The van der Waals surface area contributed by atoms with Crippen LogP contribution in [0.4, 0.5) is 0 Å². The van der Waals surface area contributed by atoms with Gasteiger partial charge in [0, 0.05) is 36.7 Å². The second kappa shape index (κ2) is 9.46. The largest absolute Gasteiger partial charge is 0.339 e. The Bertz CT molecular complexity index is 1110. The molecule has 3 nitrogen and oxygen atoms in total. The van der Waals surface area contributed by atoms with Crippen molar-refractivity contribution >= 4 is 28.8 Å². The van der Waals surface area contributed by atoms with Crippen LogP contribution in [0.15, 0.2) is 70.7 Å². The van der Waals surface area contributed by atoms with E-state index in [1.807, 2.05) is 24.3 Å². The molecular weight excluding hydrogens is 416 g/mol. The summed E-state index contributed by atoms with van der Waals surface area (Å²) in [6, 6.07) is 16.5. The molecule has 0 N–H and O–H groups in total. The van der Waals surface area contributed by atoms with Gasteiger partial charge in [0.15, 0.2) is 0 Å². The summed E-state index contributed by atoms with van der Waals surface area (Å²) in [5.41, 5.74) is 8.90. The van der Waals surface area contributed by atoms with Crippen molar-refractivity contribution in [1.29, 1.82) is 0 Å². The van der Waals surface area contributed by atoms with Gasteiger partial charge < -0.3 is 4.90 Å². The molecule has 1 amide bonds. The molecule has 5 rings (SSSR count). The topological polar surface area (TPSA) is 32.7 Å². The highest BCUT2D eigenvalue weighted by molar-refractivity contribution is 6.34. The monoisotopic (exact) mass is 444 g/mol. The second-order valence-corrected chi connectivity index (χ2v) is 9.37. The number of dihydropyridines is 1. The zero-order valence-corrected chi connectivity index (χ0v) is 19.2. The molecule has 3 aliphatic rings. The Balaban J connectivity index is 1.45. The SMILES string of the molecule is O=C(CCc1ccccc1)N1CCC/C(=C2\C3=NCCC=C3CCc3cc(Cl)ccc32)C1. The van der Waals surface area contributed by atoms with Crippen molar-refractivity contribution in [3.8, 4) is 0 Å². The van der Waals surface area contributed by atoms with E-state index >= 15 is 0 Å². The summed E-state index contributed by atoms with van der Waals surface area (Å²) in [5, 5.41) is 0.787. The van der Waals surface area contributed by atoms with Crippen LogP contribution in [0.25, 0.3) is 5.57 Å². The van der Waals surface area contributed by atoms with Crippen LogP contribution in [0.5, 0.6) is 0 Å². The van der Waals surface area contributed by atoms with E-state index in [0.29, 0.717) is 13.0 Å². The highest BCUT2D eigenvalue weighted by Gasteiger charge is 2.29. The molecule has 0 atom stereocenters. The van der Waals surface area contributed by atoms with Gasteiger partial charge in [0.05, 0.1) is 5.71 Å². The first-order valence-corrected chi connectivity index (χ1v) is 12.1. The first-order valence-electron chi connectivity index (χ1n) is 11.8. The maximum Gasteiger partial charge on any atom is 0.223 e. The minimum absolute atomic E-state index is 0.248. The summed E-state index contributed by atoms with van der Waals surface area (Å²) in [5.74, 6) is 0.248. The second-order valence-electron chi connectivity index (χ2n) is 8.93. The minimum Gasteiger partial charge on any atom is -0.339 e. The van der Waals surface area contributed by atoms with Crippen LogP contribution in [0.3, 0.4) is 0 Å². The smallest absolute Gasteiger partial charge is 0.223 e. The van der Waals surface area contributed by atoms with E-state index in [9.17, 15) is 4.79 Å². The molecule has 1 aliphatic carbocycles. The predicted octanol–water partition coefficient (Wildman–Crippen LogP) is 6.07. The lowest BCUT2D eigenvalue weighted by molar-refractivity contribution is -0.131. The number of likely N-dealkylation sites (tertiary alicyclic amines) is 1. The molecule has 2 heterocycles. The van der Waals surface area contributed by atoms with E-state index in [1.54, 1.807) is 0 Å². The van der Waals surface area contributed by atoms with Gasteiger partial charge in [-0.1, -0.05) is 54.1 Å². The van der Waals surface area contributed by atoms with E-state index in [1.165, 1.54) is 33.4 Å². The zero-order valence-electron chi connectivity index (χ0n) is 18.4. The number of piperidine rings is 1. The van der Waals surface area contributed by atoms with Crippen LogP contribution < -0.4 is 0 Å². The number of hydrogen-bond donors (Lipinski definition) is 0. The Labute approximate surface area is 195 Å². The minimum atomic E-state index is 0.248. The number of allylic oxidation sites excluding steroid dienone is 2. The number of fused-ring (bicyclic) bond motifs is 2. The molecule has 2 aliphatic heterocycles. The molecule has 0 bridgehead atoms. The van der Waals surface area contributed by atoms with Gasteiger partial charge in [-0.05, 0) is 78.5 Å². The van der Waals surface area contributed by atoms with Gasteiger partial charge in [0.2, 0.25) is 5.91 Å². The summed E-state index contributed by atoms with van der Waals surface area (Å²) < 4.78 is 0. The Morgan fingerprint density at radius 3 is 2.81 bits per heavy atom. The summed E-state index contributed by atoms with van der Waals surface area (Å²) in [6.07, 6.45) is 8.75. The van der Waals surface area contributed by atoms with Crippen LogP contribution in [-0.4, -0.2) is 36.2 Å². The van der Waals surface area contributed by atoms with Crippen LogP contribution in [0, 0.1) is 0 Å². The third kappa shape index (κ3) is 4.45. The lowest BCUT2D eigenvalue weighted by Crippen LogP contribution is -2.37. The molecule has 1 saturated heterocycles. The molecule has 0 radical (unpaired) electrons. The van der Waals surface area contributed by atoms with Crippen molar-refractivity contribution < 1.29 is 4.79 Å². The van der Waals surface area contributed by atoms with E-state index in [4.69, 9.17) is 16.6 Å². The van der Waals surface area contributed by atoms with Crippen molar-refractivity contribution in [2.45, 2.75) is 44.9 Å². The Morgan fingerprint density at radius 2 is 1.94 bits per heavy atom. The highest BCUT2D eigenvalue weighted by Crippen LogP contribution is 2.38. The Morgan fingerprint density at radius 1 is 1.06 bits per heavy atom. The van der Waals surface area contributed by atoms with Crippen molar-refractivity contribution in [2.75, 3.05) is 19.6 Å². The van der Waals surface area contributed by atoms with Gasteiger partial charge in [-0.3, -0.25) is 9.79 Å². The maximum atomic E-state index is 13.1. The lowest BCUT2D eigenvalue weighted by atomic mass is 9.87. The third-order valence-corrected chi connectivity index (χ3v) is 7.03. The quantitative estimate of drug-likeness (QED) is 0.565. The Hall–Kier alpha value is -2.65. The van der Waals surface area contributed by atoms with E-state index < -0.39 is 0 Å². The molecule has 0 unspecified atom stereocenters. The van der Waals surface area contributed by atoms with Crippen molar-refractivity contribution in [3.05, 3.63) is 87.5 Å². The first kappa shape index (κ1) is 21.2. The number of benzene rings is 2. The lowest BCUT2D eigenvalue weighted by Gasteiger charge is -2.31. The molecular formula is C28H29ClN2O. The average Bonchev–Trinajstić information content (AvgIpc) is 3.00. The van der Waals surface area contributed by atoms with Crippen molar-refractivity contribution in [1.82, 2.24) is 4.90 Å². The fourth-order valence-corrected chi connectivity index (χ4v) is 5.38. The molecule has 2 aromatic rings. The highest BCUT2D eigenvalue weighted by atomic mass is 35.5.